The van der Waals surface area contributed by atoms with E-state index in [1.54, 1.807) is 5.57 Å². The third-order valence-corrected chi connectivity index (χ3v) is 4.11. The lowest BCUT2D eigenvalue weighted by molar-refractivity contribution is 0.575. The van der Waals surface area contributed by atoms with E-state index in [0.29, 0.717) is 6.04 Å². The average molecular weight is 205 g/mol. The monoisotopic (exact) mass is 205 g/mol. The average Bonchev–Trinajstić information content (AvgIpc) is 2.73. The molecule has 74 valence electrons. The molecule has 2 aliphatic heterocycles. The minimum atomic E-state index is 0.656. The second-order valence-electron chi connectivity index (χ2n) is 4.39. The second-order valence-corrected chi connectivity index (χ2v) is 5.50. The number of thiophene rings is 1. The van der Waals surface area contributed by atoms with Gasteiger partial charge in [0.1, 0.15) is 0 Å². The van der Waals surface area contributed by atoms with Crippen LogP contribution in [-0.4, -0.2) is 12.1 Å². The van der Waals surface area contributed by atoms with Gasteiger partial charge < -0.3 is 5.32 Å². The van der Waals surface area contributed by atoms with Gasteiger partial charge in [0.15, 0.2) is 0 Å². The lowest BCUT2D eigenvalue weighted by Crippen LogP contribution is -2.31. The highest BCUT2D eigenvalue weighted by molar-refractivity contribution is 7.10. The minimum absolute atomic E-state index is 0.656. The van der Waals surface area contributed by atoms with Gasteiger partial charge >= 0.3 is 0 Å². The fraction of sp³-hybridized carbons (Fsp3) is 0.500. The molecule has 1 nitrogen and oxygen atoms in total. The Hall–Kier alpha value is -0.600. The van der Waals surface area contributed by atoms with E-state index in [0.717, 1.165) is 6.04 Å². The molecule has 0 aliphatic carbocycles. The third kappa shape index (κ3) is 1.43. The van der Waals surface area contributed by atoms with Crippen LogP contribution in [0.2, 0.25) is 0 Å². The van der Waals surface area contributed by atoms with Crippen LogP contribution in [0.4, 0.5) is 0 Å². The van der Waals surface area contributed by atoms with Crippen LogP contribution in [0.15, 0.2) is 17.5 Å². The van der Waals surface area contributed by atoms with E-state index in [-0.39, 0.29) is 0 Å². The van der Waals surface area contributed by atoms with Crippen molar-refractivity contribution in [3.05, 3.63) is 28.0 Å². The normalized spacial score (nSPS) is 30.5. The molecule has 1 saturated heterocycles. The van der Waals surface area contributed by atoms with Gasteiger partial charge in [0.2, 0.25) is 0 Å². The highest BCUT2D eigenvalue weighted by Gasteiger charge is 2.28. The number of rotatable bonds is 1. The van der Waals surface area contributed by atoms with Crippen LogP contribution in [0.3, 0.4) is 0 Å². The first kappa shape index (κ1) is 8.69. The van der Waals surface area contributed by atoms with Crippen molar-refractivity contribution < 1.29 is 0 Å². The van der Waals surface area contributed by atoms with Crippen molar-refractivity contribution in [3.63, 3.8) is 0 Å². The Kier molecular flexibility index (Phi) is 1.99. The molecule has 1 fully saturated rings. The van der Waals surface area contributed by atoms with Gasteiger partial charge in [0.05, 0.1) is 0 Å². The summed E-state index contributed by atoms with van der Waals surface area (Å²) in [5, 5.41) is 5.92. The summed E-state index contributed by atoms with van der Waals surface area (Å²) in [6.07, 6.45) is 6.35. The molecule has 0 spiro atoms. The van der Waals surface area contributed by atoms with Gasteiger partial charge in [-0.2, -0.15) is 0 Å². The van der Waals surface area contributed by atoms with E-state index in [2.05, 4.69) is 29.8 Å². The van der Waals surface area contributed by atoms with E-state index in [1.807, 2.05) is 11.3 Å². The molecular weight excluding hydrogens is 190 g/mol. The summed E-state index contributed by atoms with van der Waals surface area (Å²) in [6.45, 7) is 2.18. The maximum absolute atomic E-state index is 3.62. The molecule has 2 aliphatic rings. The summed E-state index contributed by atoms with van der Waals surface area (Å²) in [5.74, 6) is 0. The van der Waals surface area contributed by atoms with Crippen LogP contribution >= 0.6 is 11.3 Å². The predicted molar refractivity (Wildman–Crippen MR) is 61.6 cm³/mol. The second kappa shape index (κ2) is 3.21. The first-order valence-corrected chi connectivity index (χ1v) is 6.21. The molecular formula is C12H15NS. The van der Waals surface area contributed by atoms with Crippen molar-refractivity contribution in [2.75, 3.05) is 0 Å². The van der Waals surface area contributed by atoms with Crippen molar-refractivity contribution in [1.29, 1.82) is 0 Å². The van der Waals surface area contributed by atoms with E-state index in [9.17, 15) is 0 Å². The third-order valence-electron chi connectivity index (χ3n) is 3.25. The van der Waals surface area contributed by atoms with Crippen LogP contribution in [0.1, 0.15) is 29.7 Å². The Balaban J connectivity index is 1.92. The molecule has 2 bridgehead atoms. The molecule has 3 rings (SSSR count). The number of aryl methyl sites for hydroxylation is 1. The van der Waals surface area contributed by atoms with Crippen LogP contribution in [0.5, 0.6) is 0 Å². The summed E-state index contributed by atoms with van der Waals surface area (Å²) in [5.41, 5.74) is 3.03. The van der Waals surface area contributed by atoms with Gasteiger partial charge in [-0.25, -0.2) is 0 Å². The molecule has 0 radical (unpaired) electrons. The SMILES string of the molecule is Cc1cc(C2=CC3CCC(C2)N3)cs1. The molecule has 1 aromatic rings. The predicted octanol–water partition coefficient (Wildman–Crippen LogP) is 2.96. The molecule has 2 heteroatoms. The lowest BCUT2D eigenvalue weighted by Gasteiger charge is -2.20. The van der Waals surface area contributed by atoms with Gasteiger partial charge in [0, 0.05) is 17.0 Å². The Morgan fingerprint density at radius 3 is 3.07 bits per heavy atom. The Labute approximate surface area is 88.8 Å². The Morgan fingerprint density at radius 1 is 1.43 bits per heavy atom. The van der Waals surface area contributed by atoms with Crippen molar-refractivity contribution >= 4 is 16.9 Å². The zero-order valence-electron chi connectivity index (χ0n) is 8.42. The molecule has 2 unspecified atom stereocenters. The Bertz CT molecular complexity index is 377. The van der Waals surface area contributed by atoms with Crippen LogP contribution in [-0.2, 0) is 0 Å². The minimum Gasteiger partial charge on any atom is -0.307 e. The summed E-state index contributed by atoms with van der Waals surface area (Å²) >= 11 is 1.86. The van der Waals surface area contributed by atoms with Gasteiger partial charge in [-0.1, -0.05) is 6.08 Å². The summed E-state index contributed by atoms with van der Waals surface area (Å²) in [4.78, 5) is 1.42. The molecule has 0 aromatic carbocycles. The fourth-order valence-electron chi connectivity index (χ4n) is 2.54. The lowest BCUT2D eigenvalue weighted by atomic mass is 9.98. The first-order valence-electron chi connectivity index (χ1n) is 5.33. The van der Waals surface area contributed by atoms with Crippen molar-refractivity contribution in [1.82, 2.24) is 5.32 Å². The van der Waals surface area contributed by atoms with E-state index in [4.69, 9.17) is 0 Å². The summed E-state index contributed by atoms with van der Waals surface area (Å²) in [7, 11) is 0. The highest BCUT2D eigenvalue weighted by Crippen LogP contribution is 2.33. The maximum Gasteiger partial charge on any atom is 0.0259 e. The Morgan fingerprint density at radius 2 is 2.36 bits per heavy atom. The number of nitrogens with one attached hydrogen (secondary N) is 1. The zero-order chi connectivity index (χ0) is 9.54. The molecule has 3 heterocycles. The zero-order valence-corrected chi connectivity index (χ0v) is 9.23. The van der Waals surface area contributed by atoms with Crippen LogP contribution < -0.4 is 5.32 Å². The molecule has 2 atom stereocenters. The van der Waals surface area contributed by atoms with Crippen LogP contribution in [0.25, 0.3) is 5.57 Å². The molecule has 1 N–H and O–H groups in total. The van der Waals surface area contributed by atoms with Gasteiger partial charge in [0.25, 0.3) is 0 Å². The largest absolute Gasteiger partial charge is 0.307 e. The fourth-order valence-corrected chi connectivity index (χ4v) is 3.27. The van der Waals surface area contributed by atoms with E-state index < -0.39 is 0 Å². The standard InChI is InChI=1S/C12H15NS/c1-8-4-10(7-14-8)9-5-11-2-3-12(6-9)13-11/h4-5,7,11-13H,2-3,6H2,1H3. The first-order chi connectivity index (χ1) is 6.81. The maximum atomic E-state index is 3.62. The summed E-state index contributed by atoms with van der Waals surface area (Å²) in [6, 6.07) is 3.73. The molecule has 1 aromatic heterocycles. The topological polar surface area (TPSA) is 12.0 Å². The highest BCUT2D eigenvalue weighted by atomic mass is 32.1. The molecule has 14 heavy (non-hydrogen) atoms. The number of hydrogen-bond acceptors (Lipinski definition) is 2. The van der Waals surface area contributed by atoms with Crippen molar-refractivity contribution in [2.45, 2.75) is 38.3 Å². The van der Waals surface area contributed by atoms with Crippen molar-refractivity contribution in [3.8, 4) is 0 Å². The van der Waals surface area contributed by atoms with E-state index >= 15 is 0 Å². The van der Waals surface area contributed by atoms with Crippen molar-refractivity contribution in [2.24, 2.45) is 0 Å². The molecule has 0 amide bonds. The molecule has 0 saturated carbocycles. The number of hydrogen-bond donors (Lipinski definition) is 1. The van der Waals surface area contributed by atoms with E-state index in [1.165, 1.54) is 29.7 Å². The summed E-state index contributed by atoms with van der Waals surface area (Å²) < 4.78 is 0. The quantitative estimate of drug-likeness (QED) is 0.743. The van der Waals surface area contributed by atoms with Gasteiger partial charge in [-0.05, 0) is 48.8 Å². The van der Waals surface area contributed by atoms with Gasteiger partial charge in [-0.15, -0.1) is 11.3 Å². The van der Waals surface area contributed by atoms with Crippen LogP contribution in [0, 0.1) is 6.92 Å². The van der Waals surface area contributed by atoms with Gasteiger partial charge in [-0.3, -0.25) is 0 Å². The smallest absolute Gasteiger partial charge is 0.0259 e. The number of fused-ring (bicyclic) bond motifs is 2.